The largest absolute Gasteiger partial charge is 0.450 e. The Morgan fingerprint density at radius 1 is 1.27 bits per heavy atom. The van der Waals surface area contributed by atoms with E-state index in [4.69, 9.17) is 4.74 Å². The number of rotatable bonds is 4. The summed E-state index contributed by atoms with van der Waals surface area (Å²) in [5.74, 6) is 0. The summed E-state index contributed by atoms with van der Waals surface area (Å²) in [6.45, 7) is 3.46. The van der Waals surface area contributed by atoms with E-state index in [0.29, 0.717) is 23.4 Å². The zero-order valence-electron chi connectivity index (χ0n) is 12.4. The van der Waals surface area contributed by atoms with E-state index in [2.05, 4.69) is 10.6 Å². The van der Waals surface area contributed by atoms with E-state index in [1.807, 2.05) is 0 Å². The summed E-state index contributed by atoms with van der Waals surface area (Å²) in [7, 11) is -3.30. The summed E-state index contributed by atoms with van der Waals surface area (Å²) in [6.07, 6.45) is 0.711. The second-order valence-electron chi connectivity index (χ2n) is 4.86. The first-order chi connectivity index (χ1) is 10.0. The molecule has 1 aromatic carbocycles. The first-order valence-electron chi connectivity index (χ1n) is 7.02. The standard InChI is InChI=1S/C14H20N2O4S.ClH/c1-2-20-14(17)16-11-3-5-12(6-4-11)21(18,19)13-7-9-15-10-8-13;/h3-6,13,15H,2,7-10H2,1H3,(H,16,17);1H. The zero-order valence-corrected chi connectivity index (χ0v) is 14.0. The van der Waals surface area contributed by atoms with Crippen LogP contribution in [0.1, 0.15) is 19.8 Å². The van der Waals surface area contributed by atoms with Crippen LogP contribution < -0.4 is 10.6 Å². The second-order valence-corrected chi connectivity index (χ2v) is 7.09. The molecule has 0 spiro atoms. The van der Waals surface area contributed by atoms with Crippen LogP contribution in [0.5, 0.6) is 0 Å². The topological polar surface area (TPSA) is 84.5 Å². The Kier molecular flexibility index (Phi) is 7.12. The Morgan fingerprint density at radius 3 is 2.41 bits per heavy atom. The first-order valence-corrected chi connectivity index (χ1v) is 8.57. The Balaban J connectivity index is 0.00000242. The van der Waals surface area contributed by atoms with Crippen LogP contribution in [-0.2, 0) is 14.6 Å². The second kappa shape index (κ2) is 8.36. The summed E-state index contributed by atoms with van der Waals surface area (Å²) in [5.41, 5.74) is 0.512. The molecule has 1 saturated heterocycles. The lowest BCUT2D eigenvalue weighted by Gasteiger charge is -2.22. The predicted molar refractivity (Wildman–Crippen MR) is 87.4 cm³/mol. The average molecular weight is 349 g/mol. The zero-order chi connectivity index (χ0) is 15.3. The van der Waals surface area contributed by atoms with Crippen molar-refractivity contribution in [2.45, 2.75) is 29.9 Å². The smallest absolute Gasteiger partial charge is 0.411 e. The number of carbonyl (C=O) groups excluding carboxylic acids is 1. The van der Waals surface area contributed by atoms with Gasteiger partial charge in [-0.25, -0.2) is 13.2 Å². The van der Waals surface area contributed by atoms with Gasteiger partial charge < -0.3 is 10.1 Å². The minimum Gasteiger partial charge on any atom is -0.450 e. The molecule has 0 aromatic heterocycles. The highest BCUT2D eigenvalue weighted by Gasteiger charge is 2.28. The Labute approximate surface area is 136 Å². The van der Waals surface area contributed by atoms with Crippen LogP contribution in [0.15, 0.2) is 29.2 Å². The molecule has 8 heteroatoms. The van der Waals surface area contributed by atoms with Crippen molar-refractivity contribution in [3.8, 4) is 0 Å². The van der Waals surface area contributed by atoms with Crippen LogP contribution in [0.4, 0.5) is 10.5 Å². The lowest BCUT2D eigenvalue weighted by atomic mass is 10.2. The van der Waals surface area contributed by atoms with E-state index >= 15 is 0 Å². The van der Waals surface area contributed by atoms with Crippen LogP contribution in [0.2, 0.25) is 0 Å². The Bertz CT molecular complexity index is 583. The van der Waals surface area contributed by atoms with E-state index in [0.717, 1.165) is 13.1 Å². The van der Waals surface area contributed by atoms with E-state index in [-0.39, 0.29) is 24.3 Å². The summed E-state index contributed by atoms with van der Waals surface area (Å²) >= 11 is 0. The fourth-order valence-corrected chi connectivity index (χ4v) is 4.07. The number of anilines is 1. The number of carbonyl (C=O) groups is 1. The summed E-state index contributed by atoms with van der Waals surface area (Å²) in [6, 6.07) is 6.20. The van der Waals surface area contributed by atoms with E-state index in [1.54, 1.807) is 19.1 Å². The SMILES string of the molecule is CCOC(=O)Nc1ccc(S(=O)(=O)C2CCNCC2)cc1.Cl. The molecular formula is C14H21ClN2O4S. The van der Waals surface area contributed by atoms with Crippen molar-refractivity contribution in [3.05, 3.63) is 24.3 Å². The third-order valence-electron chi connectivity index (χ3n) is 3.43. The van der Waals surface area contributed by atoms with Gasteiger partial charge in [0.15, 0.2) is 9.84 Å². The maximum absolute atomic E-state index is 12.5. The van der Waals surface area contributed by atoms with Gasteiger partial charge in [-0.3, -0.25) is 5.32 Å². The van der Waals surface area contributed by atoms with Gasteiger partial charge in [-0.1, -0.05) is 0 Å². The average Bonchev–Trinajstić information content (AvgIpc) is 2.49. The maximum atomic E-state index is 12.5. The molecule has 1 aliphatic heterocycles. The summed E-state index contributed by atoms with van der Waals surface area (Å²) in [5, 5.41) is 5.36. The summed E-state index contributed by atoms with van der Waals surface area (Å²) in [4.78, 5) is 11.6. The highest BCUT2D eigenvalue weighted by atomic mass is 35.5. The molecule has 0 bridgehead atoms. The van der Waals surface area contributed by atoms with Crippen LogP contribution in [0.3, 0.4) is 0 Å². The number of piperidine rings is 1. The molecule has 0 saturated carbocycles. The van der Waals surface area contributed by atoms with Crippen LogP contribution in [-0.4, -0.2) is 39.5 Å². The monoisotopic (exact) mass is 348 g/mol. The molecule has 1 aromatic rings. The third kappa shape index (κ3) is 4.59. The molecule has 0 radical (unpaired) electrons. The number of ether oxygens (including phenoxy) is 1. The molecule has 6 nitrogen and oxygen atoms in total. The minimum atomic E-state index is -3.30. The fourth-order valence-electron chi connectivity index (χ4n) is 2.31. The highest BCUT2D eigenvalue weighted by molar-refractivity contribution is 7.92. The number of benzene rings is 1. The van der Waals surface area contributed by atoms with Crippen molar-refractivity contribution in [2.75, 3.05) is 25.0 Å². The van der Waals surface area contributed by atoms with Gasteiger partial charge in [0, 0.05) is 5.69 Å². The number of halogens is 1. The van der Waals surface area contributed by atoms with Gasteiger partial charge in [0.25, 0.3) is 0 Å². The Morgan fingerprint density at radius 2 is 1.86 bits per heavy atom. The van der Waals surface area contributed by atoms with Gasteiger partial charge in [-0.2, -0.15) is 0 Å². The number of nitrogens with one attached hydrogen (secondary N) is 2. The lowest BCUT2D eigenvalue weighted by molar-refractivity contribution is 0.168. The van der Waals surface area contributed by atoms with Crippen molar-refractivity contribution in [1.82, 2.24) is 5.32 Å². The van der Waals surface area contributed by atoms with Gasteiger partial charge in [0.1, 0.15) is 0 Å². The van der Waals surface area contributed by atoms with Crippen LogP contribution in [0, 0.1) is 0 Å². The minimum absolute atomic E-state index is 0. The van der Waals surface area contributed by atoms with Gasteiger partial charge >= 0.3 is 6.09 Å². The van der Waals surface area contributed by atoms with Gasteiger partial charge in [-0.15, -0.1) is 12.4 Å². The van der Waals surface area contributed by atoms with Crippen molar-refractivity contribution in [2.24, 2.45) is 0 Å². The number of sulfone groups is 1. The lowest BCUT2D eigenvalue weighted by Crippen LogP contribution is -2.35. The molecule has 2 rings (SSSR count). The number of hydrogen-bond acceptors (Lipinski definition) is 5. The highest BCUT2D eigenvalue weighted by Crippen LogP contribution is 2.23. The molecule has 0 unspecified atom stereocenters. The molecule has 124 valence electrons. The van der Waals surface area contributed by atoms with Crippen molar-refractivity contribution >= 4 is 34.0 Å². The van der Waals surface area contributed by atoms with Gasteiger partial charge in [0.2, 0.25) is 0 Å². The van der Waals surface area contributed by atoms with E-state index in [1.165, 1.54) is 12.1 Å². The van der Waals surface area contributed by atoms with E-state index < -0.39 is 15.9 Å². The van der Waals surface area contributed by atoms with E-state index in [9.17, 15) is 13.2 Å². The molecule has 0 atom stereocenters. The number of hydrogen-bond donors (Lipinski definition) is 2. The predicted octanol–water partition coefficient (Wildman–Crippen LogP) is 2.20. The van der Waals surface area contributed by atoms with Gasteiger partial charge in [0.05, 0.1) is 16.8 Å². The molecule has 1 amide bonds. The Hall–Kier alpha value is -1.31. The van der Waals surface area contributed by atoms with Crippen molar-refractivity contribution in [1.29, 1.82) is 0 Å². The number of amides is 1. The van der Waals surface area contributed by atoms with Crippen LogP contribution in [0.25, 0.3) is 0 Å². The maximum Gasteiger partial charge on any atom is 0.411 e. The van der Waals surface area contributed by atoms with Crippen LogP contribution >= 0.6 is 12.4 Å². The normalized spacial score (nSPS) is 15.7. The molecule has 22 heavy (non-hydrogen) atoms. The van der Waals surface area contributed by atoms with Gasteiger partial charge in [-0.05, 0) is 57.1 Å². The molecular weight excluding hydrogens is 328 g/mol. The quantitative estimate of drug-likeness (QED) is 0.871. The molecule has 1 aliphatic rings. The first kappa shape index (κ1) is 18.7. The summed E-state index contributed by atoms with van der Waals surface area (Å²) < 4.78 is 29.7. The van der Waals surface area contributed by atoms with Crippen molar-refractivity contribution < 1.29 is 17.9 Å². The molecule has 0 aliphatic carbocycles. The molecule has 1 fully saturated rings. The fraction of sp³-hybridized carbons (Fsp3) is 0.500. The molecule has 1 heterocycles. The van der Waals surface area contributed by atoms with Crippen molar-refractivity contribution in [3.63, 3.8) is 0 Å². The third-order valence-corrected chi connectivity index (χ3v) is 5.71. The molecule has 2 N–H and O–H groups in total.